The molecule has 1 rings (SSSR count). The molecule has 0 aromatic rings. The molecule has 2 nitrogen and oxygen atoms in total. The summed E-state index contributed by atoms with van der Waals surface area (Å²) in [4.78, 5) is 2.33. The van der Waals surface area contributed by atoms with Gasteiger partial charge in [-0.25, -0.2) is 0 Å². The van der Waals surface area contributed by atoms with Crippen LogP contribution < -0.4 is 5.32 Å². The lowest BCUT2D eigenvalue weighted by molar-refractivity contribution is 0.317. The van der Waals surface area contributed by atoms with Gasteiger partial charge in [0.15, 0.2) is 0 Å². The Labute approximate surface area is 74.8 Å². The molecule has 1 saturated heterocycles. The van der Waals surface area contributed by atoms with Crippen LogP contribution in [-0.2, 0) is 0 Å². The second-order valence-corrected chi connectivity index (χ2v) is 3.93. The highest BCUT2D eigenvalue weighted by molar-refractivity contribution is 7.81. The molecule has 0 aliphatic carbocycles. The van der Waals surface area contributed by atoms with Crippen molar-refractivity contribution in [3.8, 4) is 0 Å². The van der Waals surface area contributed by atoms with Crippen molar-refractivity contribution in [1.82, 2.24) is 10.2 Å². The number of nitrogens with one attached hydrogen (secondary N) is 1. The van der Waals surface area contributed by atoms with Crippen LogP contribution in [0, 0.1) is 0 Å². The van der Waals surface area contributed by atoms with Crippen molar-refractivity contribution in [2.45, 2.75) is 24.6 Å². The molecule has 0 aromatic heterocycles. The first kappa shape index (κ1) is 9.36. The smallest absolute Gasteiger partial charge is 0.0311 e. The summed E-state index contributed by atoms with van der Waals surface area (Å²) in [6, 6.07) is 0.600. The van der Waals surface area contributed by atoms with Gasteiger partial charge < -0.3 is 10.2 Å². The molecule has 0 bridgehead atoms. The van der Waals surface area contributed by atoms with Crippen molar-refractivity contribution >= 4 is 12.6 Å². The number of nitrogens with zero attached hydrogens (tertiary/aromatic N) is 1. The average Bonchev–Trinajstić information content (AvgIpc) is 2.37. The first-order chi connectivity index (χ1) is 5.24. The van der Waals surface area contributed by atoms with E-state index in [1.54, 1.807) is 0 Å². The summed E-state index contributed by atoms with van der Waals surface area (Å²) in [5.74, 6) is 0. The third kappa shape index (κ3) is 2.65. The van der Waals surface area contributed by atoms with Gasteiger partial charge in [0, 0.05) is 17.8 Å². The fourth-order valence-corrected chi connectivity index (χ4v) is 1.73. The van der Waals surface area contributed by atoms with E-state index < -0.39 is 0 Å². The maximum Gasteiger partial charge on any atom is 0.0311 e. The lowest BCUT2D eigenvalue weighted by atomic mass is 10.2. The van der Waals surface area contributed by atoms with Crippen LogP contribution in [0.15, 0.2) is 0 Å². The largest absolute Gasteiger partial charge is 0.312 e. The molecule has 11 heavy (non-hydrogen) atoms. The SMILES string of the molecule is CCN(C)CC1NCCC1S. The third-order valence-electron chi connectivity index (χ3n) is 2.36. The molecule has 0 saturated carbocycles. The van der Waals surface area contributed by atoms with Crippen LogP contribution >= 0.6 is 12.6 Å². The molecule has 1 N–H and O–H groups in total. The fourth-order valence-electron chi connectivity index (χ4n) is 1.40. The highest BCUT2D eigenvalue weighted by Gasteiger charge is 2.23. The predicted molar refractivity (Wildman–Crippen MR) is 52.4 cm³/mol. The zero-order chi connectivity index (χ0) is 8.27. The van der Waals surface area contributed by atoms with Crippen LogP contribution in [0.5, 0.6) is 0 Å². The van der Waals surface area contributed by atoms with Gasteiger partial charge in [-0.15, -0.1) is 0 Å². The zero-order valence-electron chi connectivity index (χ0n) is 7.38. The monoisotopic (exact) mass is 174 g/mol. The number of hydrogen-bond acceptors (Lipinski definition) is 3. The molecule has 0 spiro atoms. The van der Waals surface area contributed by atoms with Crippen molar-refractivity contribution in [1.29, 1.82) is 0 Å². The standard InChI is InChI=1S/C8H18N2S/c1-3-10(2)6-7-8(11)4-5-9-7/h7-9,11H,3-6H2,1-2H3. The molecule has 1 aliphatic rings. The zero-order valence-corrected chi connectivity index (χ0v) is 8.27. The molecule has 0 aromatic carbocycles. The quantitative estimate of drug-likeness (QED) is 0.609. The number of hydrogen-bond donors (Lipinski definition) is 2. The van der Waals surface area contributed by atoms with Gasteiger partial charge in [0.05, 0.1) is 0 Å². The summed E-state index contributed by atoms with van der Waals surface area (Å²) >= 11 is 4.51. The Morgan fingerprint density at radius 2 is 2.36 bits per heavy atom. The van der Waals surface area contributed by atoms with E-state index in [-0.39, 0.29) is 0 Å². The third-order valence-corrected chi connectivity index (χ3v) is 2.98. The summed E-state index contributed by atoms with van der Waals surface area (Å²) in [7, 11) is 2.15. The first-order valence-electron chi connectivity index (χ1n) is 4.34. The molecule has 2 unspecified atom stereocenters. The predicted octanol–water partition coefficient (Wildman–Crippen LogP) is 0.598. The van der Waals surface area contributed by atoms with E-state index in [2.05, 4.69) is 36.8 Å². The fraction of sp³-hybridized carbons (Fsp3) is 1.00. The molecule has 0 radical (unpaired) electrons. The lowest BCUT2D eigenvalue weighted by Crippen LogP contribution is -2.39. The van der Waals surface area contributed by atoms with Crippen LogP contribution in [-0.4, -0.2) is 42.9 Å². The molecular formula is C8H18N2S. The summed E-state index contributed by atoms with van der Waals surface area (Å²) < 4.78 is 0. The summed E-state index contributed by atoms with van der Waals surface area (Å²) in [5, 5.41) is 4.01. The topological polar surface area (TPSA) is 15.3 Å². The van der Waals surface area contributed by atoms with Gasteiger partial charge in [-0.2, -0.15) is 12.6 Å². The van der Waals surface area contributed by atoms with Gasteiger partial charge in [0.25, 0.3) is 0 Å². The van der Waals surface area contributed by atoms with Crippen molar-refractivity contribution in [2.75, 3.05) is 26.7 Å². The maximum atomic E-state index is 4.51. The van der Waals surface area contributed by atoms with Gasteiger partial charge in [-0.1, -0.05) is 6.92 Å². The van der Waals surface area contributed by atoms with Crippen LogP contribution in [0.4, 0.5) is 0 Å². The van der Waals surface area contributed by atoms with Gasteiger partial charge in [0.2, 0.25) is 0 Å². The first-order valence-corrected chi connectivity index (χ1v) is 4.85. The Balaban J connectivity index is 2.24. The van der Waals surface area contributed by atoms with E-state index >= 15 is 0 Å². The van der Waals surface area contributed by atoms with E-state index in [1.807, 2.05) is 0 Å². The van der Waals surface area contributed by atoms with Crippen LogP contribution in [0.1, 0.15) is 13.3 Å². The maximum absolute atomic E-state index is 4.51. The molecule has 1 heterocycles. The number of thiol groups is 1. The Hall–Kier alpha value is 0.270. The number of likely N-dealkylation sites (N-methyl/N-ethyl adjacent to an activating group) is 1. The second kappa shape index (κ2) is 4.33. The minimum absolute atomic E-state index is 0.559. The number of rotatable bonds is 3. The van der Waals surface area contributed by atoms with Crippen molar-refractivity contribution in [2.24, 2.45) is 0 Å². The Morgan fingerprint density at radius 3 is 2.82 bits per heavy atom. The molecule has 1 fully saturated rings. The van der Waals surface area contributed by atoms with E-state index in [0.29, 0.717) is 11.3 Å². The normalized spacial score (nSPS) is 31.6. The molecule has 66 valence electrons. The highest BCUT2D eigenvalue weighted by atomic mass is 32.1. The van der Waals surface area contributed by atoms with Crippen LogP contribution in [0.25, 0.3) is 0 Å². The van der Waals surface area contributed by atoms with Crippen LogP contribution in [0.3, 0.4) is 0 Å². The molecule has 3 heteroatoms. The minimum Gasteiger partial charge on any atom is -0.312 e. The lowest BCUT2D eigenvalue weighted by Gasteiger charge is -2.21. The molecule has 2 atom stereocenters. The summed E-state index contributed by atoms with van der Waals surface area (Å²) in [5.41, 5.74) is 0. The van der Waals surface area contributed by atoms with Crippen molar-refractivity contribution < 1.29 is 0 Å². The van der Waals surface area contributed by atoms with E-state index in [0.717, 1.165) is 19.6 Å². The Morgan fingerprint density at radius 1 is 1.64 bits per heavy atom. The summed E-state index contributed by atoms with van der Waals surface area (Å²) in [6.45, 7) is 5.57. The van der Waals surface area contributed by atoms with Gasteiger partial charge in [0.1, 0.15) is 0 Å². The Kier molecular flexibility index (Phi) is 3.69. The molecule has 1 aliphatic heterocycles. The van der Waals surface area contributed by atoms with Crippen molar-refractivity contribution in [3.63, 3.8) is 0 Å². The minimum atomic E-state index is 0.559. The van der Waals surface area contributed by atoms with Gasteiger partial charge in [-0.05, 0) is 26.6 Å². The van der Waals surface area contributed by atoms with E-state index in [9.17, 15) is 0 Å². The molecule has 0 amide bonds. The molecular weight excluding hydrogens is 156 g/mol. The highest BCUT2D eigenvalue weighted by Crippen LogP contribution is 2.13. The van der Waals surface area contributed by atoms with E-state index in [4.69, 9.17) is 0 Å². The van der Waals surface area contributed by atoms with Gasteiger partial charge in [-0.3, -0.25) is 0 Å². The van der Waals surface area contributed by atoms with E-state index in [1.165, 1.54) is 6.42 Å². The van der Waals surface area contributed by atoms with Gasteiger partial charge >= 0.3 is 0 Å². The second-order valence-electron chi connectivity index (χ2n) is 3.27. The van der Waals surface area contributed by atoms with Crippen LogP contribution in [0.2, 0.25) is 0 Å². The average molecular weight is 174 g/mol. The van der Waals surface area contributed by atoms with Crippen molar-refractivity contribution in [3.05, 3.63) is 0 Å². The Bertz CT molecular complexity index is 119. The summed E-state index contributed by atoms with van der Waals surface area (Å²) in [6.07, 6.45) is 1.21.